The van der Waals surface area contributed by atoms with E-state index in [1.165, 1.54) is 34.4 Å². The van der Waals surface area contributed by atoms with Crippen LogP contribution in [-0.2, 0) is 11.2 Å². The monoisotopic (exact) mass is 548 g/mol. The summed E-state index contributed by atoms with van der Waals surface area (Å²) in [5, 5.41) is 12.0. The molecule has 1 amide bonds. The Morgan fingerprint density at radius 2 is 1.98 bits per heavy atom. The number of nitriles is 1. The molecule has 210 valence electrons. The molecule has 6 rings (SSSR count). The lowest BCUT2D eigenvalue weighted by Gasteiger charge is -2.41. The van der Waals surface area contributed by atoms with Crippen molar-refractivity contribution < 1.29 is 9.53 Å². The van der Waals surface area contributed by atoms with E-state index in [4.69, 9.17) is 14.7 Å². The fraction of sp³-hybridized carbons (Fsp3) is 0.394. The number of anilines is 1. The van der Waals surface area contributed by atoms with Crippen LogP contribution in [0.5, 0.6) is 6.01 Å². The smallest absolute Gasteiger partial charge is 0.318 e. The number of piperazine rings is 1. The quantitative estimate of drug-likeness (QED) is 0.396. The molecule has 8 heteroatoms. The molecule has 2 saturated heterocycles. The van der Waals surface area contributed by atoms with Gasteiger partial charge < -0.3 is 19.4 Å². The van der Waals surface area contributed by atoms with Crippen LogP contribution in [0.4, 0.5) is 5.82 Å². The first kappa shape index (κ1) is 27.0. The number of amides is 1. The van der Waals surface area contributed by atoms with Gasteiger partial charge in [-0.2, -0.15) is 15.2 Å². The standard InChI is InChI=1S/C33H36N6O2/c1-3-31(40)39-19-18-38(21-25(39)15-16-34)32-29-14-13-24(28-12-6-9-23-8-4-5-11-27(23)28)20-30(29)35-33(36-32)41-22-26-10-7-17-37(26)2/h3-6,8-9,11-12,20,25-26H,1,7,10,13-15,17-19,21-22H2,2H3/t25-,26-/m0/s1. The SMILES string of the molecule is C=CC(=O)N1CCN(c2nc(OC[C@@H]3CCCN3C)nc3c2CCC(c2cccc4ccccc24)=C3)C[C@@H]1CC#N. The zero-order chi connectivity index (χ0) is 28.3. The summed E-state index contributed by atoms with van der Waals surface area (Å²) in [6.07, 6.45) is 7.75. The van der Waals surface area contributed by atoms with Crippen molar-refractivity contribution >= 4 is 34.1 Å². The normalized spacial score (nSPS) is 20.8. The zero-order valence-corrected chi connectivity index (χ0v) is 23.6. The largest absolute Gasteiger partial charge is 0.462 e. The molecule has 1 aliphatic carbocycles. The fourth-order valence-corrected chi connectivity index (χ4v) is 6.46. The first-order valence-electron chi connectivity index (χ1n) is 14.5. The first-order valence-corrected chi connectivity index (χ1v) is 14.5. The number of hydrogen-bond acceptors (Lipinski definition) is 7. The van der Waals surface area contributed by atoms with E-state index in [1.807, 2.05) is 0 Å². The van der Waals surface area contributed by atoms with Gasteiger partial charge in [-0.25, -0.2) is 0 Å². The van der Waals surface area contributed by atoms with Gasteiger partial charge >= 0.3 is 6.01 Å². The highest BCUT2D eigenvalue weighted by Gasteiger charge is 2.33. The molecule has 3 aliphatic rings. The molecule has 1 aromatic heterocycles. The van der Waals surface area contributed by atoms with Gasteiger partial charge in [-0.3, -0.25) is 4.79 Å². The second-order valence-electron chi connectivity index (χ2n) is 11.2. The van der Waals surface area contributed by atoms with Crippen molar-refractivity contribution in [1.29, 1.82) is 5.26 Å². The molecule has 2 fully saturated rings. The van der Waals surface area contributed by atoms with E-state index in [-0.39, 0.29) is 18.4 Å². The molecule has 0 unspecified atom stereocenters. The van der Waals surface area contributed by atoms with E-state index in [9.17, 15) is 10.1 Å². The summed E-state index contributed by atoms with van der Waals surface area (Å²) < 4.78 is 6.27. The lowest BCUT2D eigenvalue weighted by molar-refractivity contribution is -0.128. The lowest BCUT2D eigenvalue weighted by atomic mass is 9.88. The average Bonchev–Trinajstić information content (AvgIpc) is 3.43. The lowest BCUT2D eigenvalue weighted by Crippen LogP contribution is -2.55. The van der Waals surface area contributed by atoms with Crippen molar-refractivity contribution in [1.82, 2.24) is 19.8 Å². The van der Waals surface area contributed by atoms with E-state index in [2.05, 4.69) is 78.0 Å². The molecule has 0 bridgehead atoms. The number of rotatable bonds is 7. The van der Waals surface area contributed by atoms with E-state index in [0.717, 1.165) is 42.9 Å². The van der Waals surface area contributed by atoms with Crippen molar-refractivity contribution in [3.63, 3.8) is 0 Å². The Hall–Kier alpha value is -4.22. The third-order valence-corrected chi connectivity index (χ3v) is 8.73. The Bertz CT molecular complexity index is 1540. The van der Waals surface area contributed by atoms with Gasteiger partial charge in [0.15, 0.2) is 0 Å². The third kappa shape index (κ3) is 5.42. The number of hydrogen-bond donors (Lipinski definition) is 0. The van der Waals surface area contributed by atoms with Crippen molar-refractivity contribution in [2.24, 2.45) is 0 Å². The van der Waals surface area contributed by atoms with Crippen LogP contribution in [0, 0.1) is 11.3 Å². The van der Waals surface area contributed by atoms with Crippen LogP contribution in [0.2, 0.25) is 0 Å². The highest BCUT2D eigenvalue weighted by Crippen LogP contribution is 2.38. The molecule has 0 spiro atoms. The van der Waals surface area contributed by atoms with Crippen LogP contribution in [0.25, 0.3) is 22.4 Å². The van der Waals surface area contributed by atoms with Gasteiger partial charge in [-0.15, -0.1) is 0 Å². The minimum Gasteiger partial charge on any atom is -0.462 e. The van der Waals surface area contributed by atoms with Crippen molar-refractivity contribution in [3.8, 4) is 12.1 Å². The fourth-order valence-electron chi connectivity index (χ4n) is 6.46. The number of likely N-dealkylation sites (N-methyl/N-ethyl adjacent to an activating group) is 1. The number of benzene rings is 2. The van der Waals surface area contributed by atoms with Gasteiger partial charge in [0.05, 0.1) is 24.2 Å². The van der Waals surface area contributed by atoms with E-state index < -0.39 is 0 Å². The second-order valence-corrected chi connectivity index (χ2v) is 11.2. The molecule has 3 aromatic rings. The van der Waals surface area contributed by atoms with E-state index >= 15 is 0 Å². The summed E-state index contributed by atoms with van der Waals surface area (Å²) in [6, 6.07) is 17.7. The molecular formula is C33H36N6O2. The topological polar surface area (TPSA) is 85.6 Å². The van der Waals surface area contributed by atoms with Gasteiger partial charge in [-0.1, -0.05) is 49.0 Å². The van der Waals surface area contributed by atoms with Crippen LogP contribution in [0.3, 0.4) is 0 Å². The minimum atomic E-state index is -0.230. The van der Waals surface area contributed by atoms with Gasteiger partial charge in [0.2, 0.25) is 5.91 Å². The summed E-state index contributed by atoms with van der Waals surface area (Å²) in [4.78, 5) is 28.7. The van der Waals surface area contributed by atoms with Gasteiger partial charge in [0.25, 0.3) is 0 Å². The first-order chi connectivity index (χ1) is 20.1. The molecule has 0 radical (unpaired) electrons. The highest BCUT2D eigenvalue weighted by molar-refractivity contribution is 5.98. The molecule has 2 aliphatic heterocycles. The highest BCUT2D eigenvalue weighted by atomic mass is 16.5. The van der Waals surface area contributed by atoms with E-state index in [1.54, 1.807) is 4.90 Å². The number of allylic oxidation sites excluding steroid dienone is 1. The Labute approximate surface area is 241 Å². The number of likely N-dealkylation sites (tertiary alicyclic amines) is 1. The van der Waals surface area contributed by atoms with E-state index in [0.29, 0.717) is 38.3 Å². The molecular weight excluding hydrogens is 512 g/mol. The molecule has 2 atom stereocenters. The predicted octanol–water partition coefficient (Wildman–Crippen LogP) is 4.71. The van der Waals surface area contributed by atoms with Crippen LogP contribution < -0.4 is 9.64 Å². The van der Waals surface area contributed by atoms with Crippen molar-refractivity contribution in [2.45, 2.75) is 44.2 Å². The van der Waals surface area contributed by atoms with Gasteiger partial charge in [0, 0.05) is 31.2 Å². The number of carbonyl (C=O) groups excluding carboxylic acids is 1. The zero-order valence-electron chi connectivity index (χ0n) is 23.6. The summed E-state index contributed by atoms with van der Waals surface area (Å²) in [6.45, 7) is 6.94. The Kier molecular flexibility index (Phi) is 7.71. The number of aromatic nitrogens is 2. The van der Waals surface area contributed by atoms with Crippen LogP contribution in [-0.4, -0.2) is 77.6 Å². The number of fused-ring (bicyclic) bond motifs is 2. The molecule has 3 heterocycles. The number of carbonyl (C=O) groups is 1. The average molecular weight is 549 g/mol. The number of nitrogens with zero attached hydrogens (tertiary/aromatic N) is 6. The maximum Gasteiger partial charge on any atom is 0.318 e. The van der Waals surface area contributed by atoms with Crippen LogP contribution in [0.1, 0.15) is 42.5 Å². The number of ether oxygens (including phenoxy) is 1. The maximum absolute atomic E-state index is 12.5. The Morgan fingerprint density at radius 1 is 1.12 bits per heavy atom. The molecule has 0 saturated carbocycles. The predicted molar refractivity (Wildman–Crippen MR) is 161 cm³/mol. The molecule has 8 nitrogen and oxygen atoms in total. The Morgan fingerprint density at radius 3 is 2.78 bits per heavy atom. The van der Waals surface area contributed by atoms with Gasteiger partial charge in [-0.05, 0) is 73.3 Å². The summed E-state index contributed by atoms with van der Waals surface area (Å²) >= 11 is 0. The molecule has 2 aromatic carbocycles. The molecule has 0 N–H and O–H groups in total. The summed E-state index contributed by atoms with van der Waals surface area (Å²) in [5.41, 5.74) is 4.47. The maximum atomic E-state index is 12.5. The summed E-state index contributed by atoms with van der Waals surface area (Å²) in [7, 11) is 2.14. The third-order valence-electron chi connectivity index (χ3n) is 8.73. The van der Waals surface area contributed by atoms with Crippen molar-refractivity contribution in [3.05, 3.63) is 71.9 Å². The minimum absolute atomic E-state index is 0.137. The Balaban J connectivity index is 1.37. The summed E-state index contributed by atoms with van der Waals surface area (Å²) in [5.74, 6) is 0.716. The van der Waals surface area contributed by atoms with Crippen LogP contribution >= 0.6 is 0 Å². The van der Waals surface area contributed by atoms with Crippen LogP contribution in [0.15, 0.2) is 55.1 Å². The second kappa shape index (κ2) is 11.7. The van der Waals surface area contributed by atoms with Gasteiger partial charge in [0.1, 0.15) is 12.4 Å². The molecule has 41 heavy (non-hydrogen) atoms. The van der Waals surface area contributed by atoms with Crippen molar-refractivity contribution in [2.75, 3.05) is 44.7 Å².